The average Bonchev–Trinajstić information content (AvgIpc) is 2.16. The second-order valence-electron chi connectivity index (χ2n) is 4.38. The van der Waals surface area contributed by atoms with Gasteiger partial charge in [0.25, 0.3) is 5.69 Å². The van der Waals surface area contributed by atoms with E-state index in [0.717, 1.165) is 6.92 Å². The molecule has 2 heterocycles. The van der Waals surface area contributed by atoms with Crippen LogP contribution in [0.4, 0.5) is 4.32 Å². The molecule has 86 valence electrons. The highest BCUT2D eigenvalue weighted by molar-refractivity contribution is 6.91. The summed E-state index contributed by atoms with van der Waals surface area (Å²) in [6, 6.07) is 5.25. The fourth-order valence-electron chi connectivity index (χ4n) is 1.75. The number of halogens is 1. The molecule has 0 N–H and O–H groups in total. The maximum atomic E-state index is 14.1. The zero-order valence-corrected chi connectivity index (χ0v) is 9.44. The summed E-state index contributed by atoms with van der Waals surface area (Å²) in [4.78, 5) is 11.2. The fourth-order valence-corrected chi connectivity index (χ4v) is 1.75. The summed E-state index contributed by atoms with van der Waals surface area (Å²) in [5, 5.41) is 0. The summed E-state index contributed by atoms with van der Waals surface area (Å²) in [7, 11) is 0. The second kappa shape index (κ2) is 3.28. The van der Waals surface area contributed by atoms with Gasteiger partial charge in [0.1, 0.15) is 5.60 Å². The highest BCUT2D eigenvalue weighted by atomic mass is 19.1. The van der Waals surface area contributed by atoms with E-state index < -0.39 is 18.1 Å². The minimum absolute atomic E-state index is 0.659. The number of rotatable bonds is 1. The highest BCUT2D eigenvalue weighted by Crippen LogP contribution is 2.29. The van der Waals surface area contributed by atoms with Crippen LogP contribution >= 0.6 is 0 Å². The van der Waals surface area contributed by atoms with Crippen LogP contribution in [0.15, 0.2) is 24.4 Å². The van der Waals surface area contributed by atoms with E-state index in [1.54, 1.807) is 38.2 Å². The molecule has 0 fully saturated rings. The third-order valence-corrected chi connectivity index (χ3v) is 2.62. The highest BCUT2D eigenvalue weighted by Gasteiger charge is 2.52. The van der Waals surface area contributed by atoms with Gasteiger partial charge in [-0.2, -0.15) is 0 Å². The summed E-state index contributed by atoms with van der Waals surface area (Å²) in [6.45, 7) is 1.08. The molecule has 0 saturated heterocycles. The van der Waals surface area contributed by atoms with Gasteiger partial charge in [-0.3, -0.25) is 0 Å². The Bertz CT molecular complexity index is 451. The number of fused-ring (bicyclic) bond motifs is 1. The van der Waals surface area contributed by atoms with E-state index in [-0.39, 0.29) is 0 Å². The molecule has 1 aliphatic rings. The number of nitrogens with zero attached hydrogens (tertiary/aromatic N) is 1. The molecule has 0 aliphatic carbocycles. The van der Waals surface area contributed by atoms with Gasteiger partial charge in [0.05, 0.1) is 5.68 Å². The van der Waals surface area contributed by atoms with Gasteiger partial charge in [0.2, 0.25) is 6.20 Å². The molecule has 6 heteroatoms. The molecule has 1 unspecified atom stereocenters. The molecular formula is C10H13BFNO3. The summed E-state index contributed by atoms with van der Waals surface area (Å²) >= 11 is 0. The predicted octanol–water partition coefficient (Wildman–Crippen LogP) is 0.705. The van der Waals surface area contributed by atoms with Crippen LogP contribution in [-0.2, 0) is 15.0 Å². The maximum Gasteiger partial charge on any atom is 0.591 e. The number of hydrogen-bond acceptors (Lipinski definition) is 3. The quantitative estimate of drug-likeness (QED) is 0.521. The topological polar surface area (TPSA) is 39.4 Å². The molecule has 2 rings (SSSR count). The Kier molecular flexibility index (Phi) is 2.27. The van der Waals surface area contributed by atoms with E-state index in [2.05, 4.69) is 0 Å². The van der Waals surface area contributed by atoms with Crippen molar-refractivity contribution in [1.82, 2.24) is 0 Å². The Hall–Kier alpha value is -1.43. The Morgan fingerprint density at radius 2 is 2.19 bits per heavy atom. The summed E-state index contributed by atoms with van der Waals surface area (Å²) in [6.07, 6.45) is 1.55. The van der Waals surface area contributed by atoms with Gasteiger partial charge >= 0.3 is 6.83 Å². The smallest absolute Gasteiger partial charge is 0.509 e. The molecule has 0 spiro atoms. The van der Waals surface area contributed by atoms with Crippen molar-refractivity contribution in [1.29, 1.82) is 0 Å². The molecule has 1 aromatic heterocycles. The summed E-state index contributed by atoms with van der Waals surface area (Å²) < 4.78 is 25.5. The molecule has 1 aliphatic heterocycles. The van der Waals surface area contributed by atoms with Gasteiger partial charge in [-0.25, -0.2) is 0 Å². The lowest BCUT2D eigenvalue weighted by Gasteiger charge is -2.40. The zero-order chi connectivity index (χ0) is 12.0. The van der Waals surface area contributed by atoms with Crippen molar-refractivity contribution in [3.05, 3.63) is 30.1 Å². The molecule has 0 amide bonds. The number of hydrogen-bond donors (Lipinski definition) is 0. The van der Waals surface area contributed by atoms with Crippen molar-refractivity contribution in [2.24, 2.45) is 0 Å². The first-order valence-corrected chi connectivity index (χ1v) is 5.09. The molecule has 1 atom stereocenters. The van der Waals surface area contributed by atoms with Crippen molar-refractivity contribution in [3.63, 3.8) is 0 Å². The van der Waals surface area contributed by atoms with E-state index in [9.17, 15) is 9.11 Å². The van der Waals surface area contributed by atoms with Crippen LogP contribution in [0.5, 0.6) is 0 Å². The molecule has 0 radical (unpaired) electrons. The van der Waals surface area contributed by atoms with E-state index >= 15 is 0 Å². The minimum atomic E-state index is -3.42. The lowest BCUT2D eigenvalue weighted by molar-refractivity contribution is -0.882. The first kappa shape index (κ1) is 11.1. The maximum absolute atomic E-state index is 14.1. The fraction of sp³-hybridized carbons (Fsp3) is 0.400. The van der Waals surface area contributed by atoms with Crippen molar-refractivity contribution in [2.75, 3.05) is 0 Å². The van der Waals surface area contributed by atoms with Crippen LogP contribution in [0.2, 0.25) is 0 Å². The number of carbonyl (C=O) groups excluding carboxylic acids is 1. The Balaban J connectivity index is 2.52. The molecule has 0 bridgehead atoms. The molecule has 1 aromatic rings. The Labute approximate surface area is 93.0 Å². The van der Waals surface area contributed by atoms with Crippen molar-refractivity contribution < 1.29 is 23.3 Å². The van der Waals surface area contributed by atoms with E-state index in [1.807, 2.05) is 0 Å². The van der Waals surface area contributed by atoms with Crippen molar-refractivity contribution in [2.45, 2.75) is 26.4 Å². The third-order valence-electron chi connectivity index (χ3n) is 2.62. The van der Waals surface area contributed by atoms with Crippen LogP contribution in [0.3, 0.4) is 0 Å². The van der Waals surface area contributed by atoms with Crippen LogP contribution in [0, 0.1) is 0 Å². The van der Waals surface area contributed by atoms with Gasteiger partial charge in [0, 0.05) is 12.1 Å². The molecule has 16 heavy (non-hydrogen) atoms. The second-order valence-corrected chi connectivity index (χ2v) is 4.38. The van der Waals surface area contributed by atoms with Gasteiger partial charge < -0.3 is 18.5 Å². The summed E-state index contributed by atoms with van der Waals surface area (Å²) in [5.41, 5.74) is -0.999. The summed E-state index contributed by atoms with van der Waals surface area (Å²) in [5.74, 6) is 0. The van der Waals surface area contributed by atoms with Crippen LogP contribution < -0.4 is 9.49 Å². The third kappa shape index (κ3) is 1.59. The predicted molar refractivity (Wildman–Crippen MR) is 54.9 cm³/mol. The lowest BCUT2D eigenvalue weighted by Crippen LogP contribution is -2.71. The minimum Gasteiger partial charge on any atom is -0.509 e. The van der Waals surface area contributed by atoms with E-state index in [0.29, 0.717) is 5.69 Å². The molecular weight excluding hydrogens is 212 g/mol. The first-order valence-electron chi connectivity index (χ1n) is 5.09. The SMILES string of the molecule is CC(=O)[B-]1(F)O[n+]2ccccc2C(C)(C)O1. The zero-order valence-electron chi connectivity index (χ0n) is 9.44. The van der Waals surface area contributed by atoms with Gasteiger partial charge in [0.15, 0.2) is 0 Å². The average molecular weight is 225 g/mol. The van der Waals surface area contributed by atoms with Crippen LogP contribution in [0.1, 0.15) is 26.5 Å². The van der Waals surface area contributed by atoms with Gasteiger partial charge in [-0.05, 0) is 31.6 Å². The van der Waals surface area contributed by atoms with Crippen LogP contribution in [-0.4, -0.2) is 12.5 Å². The standard InChI is InChI=1S/C10H13BFNO3/c1-8(14)11(12)15-10(2,3)9-6-4-5-7-13(9)16-11/h4-7H,1-3H3. The number of pyridine rings is 1. The number of aromatic nitrogens is 1. The van der Waals surface area contributed by atoms with E-state index in [1.165, 1.54) is 4.73 Å². The van der Waals surface area contributed by atoms with Gasteiger partial charge in [-0.15, -0.1) is 0 Å². The molecule has 0 saturated carbocycles. The monoisotopic (exact) mass is 225 g/mol. The van der Waals surface area contributed by atoms with Crippen molar-refractivity contribution >= 4 is 12.5 Å². The number of carbonyl (C=O) groups is 1. The van der Waals surface area contributed by atoms with E-state index in [4.69, 9.17) is 9.41 Å². The largest absolute Gasteiger partial charge is 0.591 e. The van der Waals surface area contributed by atoms with Crippen molar-refractivity contribution in [3.8, 4) is 0 Å². The van der Waals surface area contributed by atoms with Gasteiger partial charge in [-0.1, -0.05) is 0 Å². The normalized spacial score (nSPS) is 26.8. The first-order chi connectivity index (χ1) is 7.35. The molecule has 0 aromatic carbocycles. The Morgan fingerprint density at radius 3 is 2.81 bits per heavy atom. The lowest BCUT2D eigenvalue weighted by atomic mass is 9.75. The Morgan fingerprint density at radius 1 is 1.50 bits per heavy atom. The molecule has 4 nitrogen and oxygen atoms in total. The van der Waals surface area contributed by atoms with Crippen LogP contribution in [0.25, 0.3) is 0 Å².